The second kappa shape index (κ2) is 3.76. The highest BCUT2D eigenvalue weighted by atomic mass is 15.0. The fourth-order valence-electron chi connectivity index (χ4n) is 4.19. The monoisotopic (exact) mass is 207 g/mol. The molecule has 1 nitrogen and oxygen atoms in total. The molecule has 2 aliphatic carbocycles. The smallest absolute Gasteiger partial charge is 0.0238 e. The van der Waals surface area contributed by atoms with Crippen molar-refractivity contribution in [3.63, 3.8) is 0 Å². The topological polar surface area (TPSA) is 12.0 Å². The van der Waals surface area contributed by atoms with Gasteiger partial charge in [0.05, 0.1) is 0 Å². The fraction of sp³-hybridized carbons (Fsp3) is 1.00. The Morgan fingerprint density at radius 2 is 1.53 bits per heavy atom. The molecule has 0 amide bonds. The highest BCUT2D eigenvalue weighted by Gasteiger charge is 2.51. The van der Waals surface area contributed by atoms with Gasteiger partial charge < -0.3 is 5.32 Å². The van der Waals surface area contributed by atoms with Gasteiger partial charge in [-0.1, -0.05) is 19.8 Å². The largest absolute Gasteiger partial charge is 0.311 e. The molecule has 3 aliphatic rings. The minimum atomic E-state index is 0.611. The summed E-state index contributed by atoms with van der Waals surface area (Å²) in [5.74, 6) is 3.07. The Morgan fingerprint density at radius 1 is 0.933 bits per heavy atom. The van der Waals surface area contributed by atoms with Crippen molar-refractivity contribution in [3.8, 4) is 0 Å². The second-order valence-electron chi connectivity index (χ2n) is 6.30. The van der Waals surface area contributed by atoms with Crippen LogP contribution in [0.2, 0.25) is 0 Å². The molecule has 1 heterocycles. The maximum absolute atomic E-state index is 3.92. The van der Waals surface area contributed by atoms with Crippen LogP contribution in [0.1, 0.15) is 58.3 Å². The summed E-state index contributed by atoms with van der Waals surface area (Å²) in [6.07, 6.45) is 11.9. The van der Waals surface area contributed by atoms with Crippen molar-refractivity contribution in [2.24, 2.45) is 17.8 Å². The van der Waals surface area contributed by atoms with Gasteiger partial charge in [0, 0.05) is 5.54 Å². The Hall–Kier alpha value is -0.0400. The van der Waals surface area contributed by atoms with Crippen LogP contribution < -0.4 is 5.32 Å². The normalized spacial score (nSPS) is 47.0. The molecule has 1 unspecified atom stereocenters. The van der Waals surface area contributed by atoms with E-state index < -0.39 is 0 Å². The van der Waals surface area contributed by atoms with Crippen molar-refractivity contribution in [2.75, 3.05) is 6.54 Å². The van der Waals surface area contributed by atoms with Crippen LogP contribution in [-0.4, -0.2) is 12.1 Å². The predicted molar refractivity (Wildman–Crippen MR) is 63.8 cm³/mol. The van der Waals surface area contributed by atoms with E-state index >= 15 is 0 Å². The van der Waals surface area contributed by atoms with Crippen molar-refractivity contribution in [2.45, 2.75) is 63.8 Å². The molecule has 0 spiro atoms. The second-order valence-corrected chi connectivity index (χ2v) is 6.30. The molecule has 1 atom stereocenters. The maximum Gasteiger partial charge on any atom is 0.0238 e. The van der Waals surface area contributed by atoms with Gasteiger partial charge in [0.15, 0.2) is 0 Å². The minimum absolute atomic E-state index is 0.611. The van der Waals surface area contributed by atoms with Crippen LogP contribution in [0.5, 0.6) is 0 Å². The Balaban J connectivity index is 1.72. The Morgan fingerprint density at radius 3 is 2.00 bits per heavy atom. The molecule has 1 saturated heterocycles. The summed E-state index contributed by atoms with van der Waals surface area (Å²) in [4.78, 5) is 0. The zero-order chi connectivity index (χ0) is 10.3. The van der Waals surface area contributed by atoms with Crippen molar-refractivity contribution in [3.05, 3.63) is 0 Å². The van der Waals surface area contributed by atoms with Crippen molar-refractivity contribution in [1.82, 2.24) is 5.32 Å². The lowest BCUT2D eigenvalue weighted by Crippen LogP contribution is -2.50. The summed E-state index contributed by atoms with van der Waals surface area (Å²) >= 11 is 0. The summed E-state index contributed by atoms with van der Waals surface area (Å²) in [6.45, 7) is 3.73. The standard InChI is InChI=1S/C14H25N/c1-11-3-5-12(6-4-11)14(13-7-8-13)9-2-10-15-14/h11-13,15H,2-10H2,1H3. The van der Waals surface area contributed by atoms with Gasteiger partial charge in [-0.15, -0.1) is 0 Å². The highest BCUT2D eigenvalue weighted by Crippen LogP contribution is 2.52. The third-order valence-corrected chi connectivity index (χ3v) is 5.27. The molecule has 3 fully saturated rings. The Kier molecular flexibility index (Phi) is 2.54. The highest BCUT2D eigenvalue weighted by molar-refractivity contribution is 5.08. The van der Waals surface area contributed by atoms with Crippen molar-refractivity contribution >= 4 is 0 Å². The molecular weight excluding hydrogens is 182 g/mol. The van der Waals surface area contributed by atoms with Crippen LogP contribution in [0.4, 0.5) is 0 Å². The van der Waals surface area contributed by atoms with E-state index in [9.17, 15) is 0 Å². The summed E-state index contributed by atoms with van der Waals surface area (Å²) < 4.78 is 0. The van der Waals surface area contributed by atoms with Crippen LogP contribution in [0.15, 0.2) is 0 Å². The average Bonchev–Trinajstić information content (AvgIpc) is 3.00. The Labute approximate surface area is 94.0 Å². The molecule has 0 radical (unpaired) electrons. The van der Waals surface area contributed by atoms with E-state index in [1.54, 1.807) is 0 Å². The van der Waals surface area contributed by atoms with Crippen LogP contribution in [0.25, 0.3) is 0 Å². The van der Waals surface area contributed by atoms with Crippen LogP contribution >= 0.6 is 0 Å². The van der Waals surface area contributed by atoms with Gasteiger partial charge in [-0.3, -0.25) is 0 Å². The number of nitrogens with one attached hydrogen (secondary N) is 1. The number of rotatable bonds is 2. The van der Waals surface area contributed by atoms with Crippen LogP contribution in [0.3, 0.4) is 0 Å². The summed E-state index contributed by atoms with van der Waals surface area (Å²) in [7, 11) is 0. The van der Waals surface area contributed by atoms with Gasteiger partial charge in [0.25, 0.3) is 0 Å². The first-order valence-corrected chi connectivity index (χ1v) is 7.06. The molecule has 2 saturated carbocycles. The van der Waals surface area contributed by atoms with E-state index in [4.69, 9.17) is 0 Å². The van der Waals surface area contributed by atoms with Gasteiger partial charge in [-0.05, 0) is 62.8 Å². The Bertz CT molecular complexity index is 217. The first kappa shape index (κ1) is 10.1. The average molecular weight is 207 g/mol. The van der Waals surface area contributed by atoms with Gasteiger partial charge in [-0.2, -0.15) is 0 Å². The fourth-order valence-corrected chi connectivity index (χ4v) is 4.19. The van der Waals surface area contributed by atoms with Crippen molar-refractivity contribution < 1.29 is 0 Å². The lowest BCUT2D eigenvalue weighted by atomic mass is 9.69. The molecule has 0 aromatic carbocycles. The molecule has 0 aromatic heterocycles. The first-order chi connectivity index (χ1) is 7.31. The molecule has 1 heteroatoms. The lowest BCUT2D eigenvalue weighted by molar-refractivity contribution is 0.137. The van der Waals surface area contributed by atoms with E-state index in [1.165, 1.54) is 57.9 Å². The number of hydrogen-bond donors (Lipinski definition) is 1. The predicted octanol–water partition coefficient (Wildman–Crippen LogP) is 3.34. The van der Waals surface area contributed by atoms with Crippen LogP contribution in [-0.2, 0) is 0 Å². The molecule has 1 aliphatic heterocycles. The molecule has 15 heavy (non-hydrogen) atoms. The summed E-state index contributed by atoms with van der Waals surface area (Å²) in [5.41, 5.74) is 0.611. The zero-order valence-electron chi connectivity index (χ0n) is 10.1. The van der Waals surface area contributed by atoms with Gasteiger partial charge in [0.2, 0.25) is 0 Å². The van der Waals surface area contributed by atoms with E-state index in [2.05, 4.69) is 12.2 Å². The van der Waals surface area contributed by atoms with Gasteiger partial charge in [0.1, 0.15) is 0 Å². The first-order valence-electron chi connectivity index (χ1n) is 7.06. The molecule has 0 aromatic rings. The lowest BCUT2D eigenvalue weighted by Gasteiger charge is -2.42. The molecule has 1 N–H and O–H groups in total. The molecule has 3 rings (SSSR count). The third-order valence-electron chi connectivity index (χ3n) is 5.27. The van der Waals surface area contributed by atoms with E-state index in [-0.39, 0.29) is 0 Å². The van der Waals surface area contributed by atoms with E-state index in [0.29, 0.717) is 5.54 Å². The van der Waals surface area contributed by atoms with Crippen molar-refractivity contribution in [1.29, 1.82) is 0 Å². The van der Waals surface area contributed by atoms with E-state index in [1.807, 2.05) is 0 Å². The molecular formula is C14H25N. The summed E-state index contributed by atoms with van der Waals surface area (Å²) in [6, 6.07) is 0. The van der Waals surface area contributed by atoms with E-state index in [0.717, 1.165) is 17.8 Å². The van der Waals surface area contributed by atoms with Crippen LogP contribution in [0, 0.1) is 17.8 Å². The maximum atomic E-state index is 3.92. The van der Waals surface area contributed by atoms with Gasteiger partial charge >= 0.3 is 0 Å². The third kappa shape index (κ3) is 1.73. The van der Waals surface area contributed by atoms with Gasteiger partial charge in [-0.25, -0.2) is 0 Å². The molecule has 86 valence electrons. The number of hydrogen-bond acceptors (Lipinski definition) is 1. The quantitative estimate of drug-likeness (QED) is 0.732. The molecule has 0 bridgehead atoms. The minimum Gasteiger partial charge on any atom is -0.311 e. The SMILES string of the molecule is CC1CCC(C2(C3CC3)CCCN2)CC1. The summed E-state index contributed by atoms with van der Waals surface area (Å²) in [5, 5.41) is 3.92. The zero-order valence-corrected chi connectivity index (χ0v) is 10.1.